The van der Waals surface area contributed by atoms with E-state index in [1.807, 2.05) is 19.9 Å². The molecule has 2 rings (SSSR count). The first-order valence-corrected chi connectivity index (χ1v) is 6.03. The van der Waals surface area contributed by atoms with Crippen LogP contribution in [0.1, 0.15) is 24.1 Å². The highest BCUT2D eigenvalue weighted by atomic mass is 35.5. The molecule has 1 aromatic carbocycles. The van der Waals surface area contributed by atoms with Crippen molar-refractivity contribution in [2.45, 2.75) is 19.9 Å². The van der Waals surface area contributed by atoms with Crippen molar-refractivity contribution in [2.24, 2.45) is 0 Å². The summed E-state index contributed by atoms with van der Waals surface area (Å²) in [5.41, 5.74) is 1.53. The van der Waals surface area contributed by atoms with Gasteiger partial charge in [0.05, 0.1) is 0 Å². The Kier molecular flexibility index (Phi) is 7.67. The van der Waals surface area contributed by atoms with E-state index in [9.17, 15) is 9.50 Å². The van der Waals surface area contributed by atoms with Crippen LogP contribution >= 0.6 is 24.8 Å². The zero-order valence-corrected chi connectivity index (χ0v) is 12.8. The highest BCUT2D eigenvalue weighted by Gasteiger charge is 2.22. The molecule has 0 bridgehead atoms. The van der Waals surface area contributed by atoms with Gasteiger partial charge < -0.3 is 10.4 Å². The van der Waals surface area contributed by atoms with Crippen LogP contribution in [0.25, 0.3) is 0 Å². The van der Waals surface area contributed by atoms with Crippen LogP contribution in [0.4, 0.5) is 4.39 Å². The minimum absolute atomic E-state index is 0. The molecule has 3 nitrogen and oxygen atoms in total. The highest BCUT2D eigenvalue weighted by Crippen LogP contribution is 2.31. The summed E-state index contributed by atoms with van der Waals surface area (Å²) < 4.78 is 13.5. The van der Waals surface area contributed by atoms with E-state index in [2.05, 4.69) is 10.2 Å². The number of aromatic hydroxyl groups is 1. The number of halogens is 3. The quantitative estimate of drug-likeness (QED) is 0.881. The molecule has 1 aromatic rings. The third-order valence-electron chi connectivity index (χ3n) is 3.39. The van der Waals surface area contributed by atoms with E-state index in [0.29, 0.717) is 5.56 Å². The Hall–Kier alpha value is -0.550. The predicted octanol–water partition coefficient (Wildman–Crippen LogP) is 2.65. The molecule has 1 aliphatic heterocycles. The Bertz CT molecular complexity index is 412. The smallest absolute Gasteiger partial charge is 0.165 e. The standard InChI is InChI=1S/C13H19FN2O.2ClH/c1-9-7-11(13(17)12(14)8-9)10(2)16-5-3-15-4-6-16;;/h7-8,10,15,17H,3-6H2,1-2H3;2*1H/t10-;;/m0../s1. The molecule has 110 valence electrons. The van der Waals surface area contributed by atoms with Crippen molar-refractivity contribution < 1.29 is 9.50 Å². The van der Waals surface area contributed by atoms with Crippen molar-refractivity contribution in [3.63, 3.8) is 0 Å². The van der Waals surface area contributed by atoms with E-state index in [4.69, 9.17) is 0 Å². The molecule has 0 aromatic heterocycles. The summed E-state index contributed by atoms with van der Waals surface area (Å²) in [7, 11) is 0. The van der Waals surface area contributed by atoms with Gasteiger partial charge in [-0.2, -0.15) is 0 Å². The van der Waals surface area contributed by atoms with Gasteiger partial charge in [0, 0.05) is 37.8 Å². The van der Waals surface area contributed by atoms with Crippen molar-refractivity contribution in [1.29, 1.82) is 0 Å². The topological polar surface area (TPSA) is 35.5 Å². The average molecular weight is 311 g/mol. The van der Waals surface area contributed by atoms with E-state index in [1.165, 1.54) is 6.07 Å². The minimum Gasteiger partial charge on any atom is -0.505 e. The van der Waals surface area contributed by atoms with Crippen molar-refractivity contribution >= 4 is 24.8 Å². The van der Waals surface area contributed by atoms with E-state index in [0.717, 1.165) is 31.7 Å². The maximum atomic E-state index is 13.5. The molecule has 6 heteroatoms. The molecule has 19 heavy (non-hydrogen) atoms. The van der Waals surface area contributed by atoms with Crippen LogP contribution in [-0.2, 0) is 0 Å². The molecule has 0 saturated carbocycles. The van der Waals surface area contributed by atoms with Crippen molar-refractivity contribution in [1.82, 2.24) is 10.2 Å². The van der Waals surface area contributed by atoms with Crippen LogP contribution in [-0.4, -0.2) is 36.2 Å². The fourth-order valence-electron chi connectivity index (χ4n) is 2.35. The Balaban J connectivity index is 0.00000162. The van der Waals surface area contributed by atoms with E-state index in [1.54, 1.807) is 0 Å². The molecule has 1 aliphatic rings. The van der Waals surface area contributed by atoms with E-state index >= 15 is 0 Å². The van der Waals surface area contributed by atoms with Gasteiger partial charge in [0.25, 0.3) is 0 Å². The van der Waals surface area contributed by atoms with Crippen LogP contribution in [0.5, 0.6) is 5.75 Å². The number of hydrogen-bond donors (Lipinski definition) is 2. The van der Waals surface area contributed by atoms with Crippen molar-refractivity contribution in [3.05, 3.63) is 29.1 Å². The molecule has 2 N–H and O–H groups in total. The Morgan fingerprint density at radius 1 is 1.26 bits per heavy atom. The van der Waals surface area contributed by atoms with Crippen LogP contribution in [0.15, 0.2) is 12.1 Å². The number of piperazine rings is 1. The lowest BCUT2D eigenvalue weighted by molar-refractivity contribution is 0.182. The fraction of sp³-hybridized carbons (Fsp3) is 0.538. The van der Waals surface area contributed by atoms with Gasteiger partial charge in [-0.3, -0.25) is 4.90 Å². The van der Waals surface area contributed by atoms with E-state index < -0.39 is 5.82 Å². The van der Waals surface area contributed by atoms with Gasteiger partial charge >= 0.3 is 0 Å². The van der Waals surface area contributed by atoms with Gasteiger partial charge in [-0.05, 0) is 25.5 Å². The summed E-state index contributed by atoms with van der Waals surface area (Å²) in [4.78, 5) is 2.25. The molecule has 0 amide bonds. The highest BCUT2D eigenvalue weighted by molar-refractivity contribution is 5.85. The van der Waals surface area contributed by atoms with Crippen molar-refractivity contribution in [3.8, 4) is 5.75 Å². The number of aryl methyl sites for hydroxylation is 1. The first kappa shape index (κ1) is 18.4. The number of nitrogens with zero attached hydrogens (tertiary/aromatic N) is 1. The third kappa shape index (κ3) is 4.21. The lowest BCUT2D eigenvalue weighted by Gasteiger charge is -2.33. The molecule has 0 unspecified atom stereocenters. The maximum absolute atomic E-state index is 13.5. The zero-order valence-electron chi connectivity index (χ0n) is 11.1. The molecule has 0 radical (unpaired) electrons. The average Bonchev–Trinajstić information content (AvgIpc) is 2.34. The summed E-state index contributed by atoms with van der Waals surface area (Å²) >= 11 is 0. The monoisotopic (exact) mass is 310 g/mol. The van der Waals surface area contributed by atoms with Gasteiger partial charge in [-0.25, -0.2) is 4.39 Å². The number of phenolic OH excluding ortho intramolecular Hbond substituents is 1. The second kappa shape index (κ2) is 7.90. The van der Waals surface area contributed by atoms with Crippen LogP contribution in [0.3, 0.4) is 0 Å². The molecule has 1 fully saturated rings. The third-order valence-corrected chi connectivity index (χ3v) is 3.39. The van der Waals surface area contributed by atoms with Crippen LogP contribution in [0, 0.1) is 12.7 Å². The lowest BCUT2D eigenvalue weighted by Crippen LogP contribution is -2.44. The van der Waals surface area contributed by atoms with Crippen LogP contribution in [0.2, 0.25) is 0 Å². The van der Waals surface area contributed by atoms with Crippen molar-refractivity contribution in [2.75, 3.05) is 26.2 Å². The summed E-state index contributed by atoms with van der Waals surface area (Å²) in [6.45, 7) is 7.60. The Labute approximate surface area is 126 Å². The van der Waals surface area contributed by atoms with Gasteiger partial charge in [-0.15, -0.1) is 24.8 Å². The van der Waals surface area contributed by atoms with E-state index in [-0.39, 0.29) is 36.6 Å². The Morgan fingerprint density at radius 3 is 2.42 bits per heavy atom. The molecular weight excluding hydrogens is 290 g/mol. The summed E-state index contributed by atoms with van der Waals surface area (Å²) in [6, 6.07) is 3.28. The van der Waals surface area contributed by atoms with Gasteiger partial charge in [-0.1, -0.05) is 6.07 Å². The summed E-state index contributed by atoms with van der Waals surface area (Å²) in [5, 5.41) is 13.1. The molecule has 0 aliphatic carbocycles. The summed E-state index contributed by atoms with van der Waals surface area (Å²) in [5.74, 6) is -0.733. The summed E-state index contributed by atoms with van der Waals surface area (Å²) in [6.07, 6.45) is 0. The molecule has 1 heterocycles. The fourth-order valence-corrected chi connectivity index (χ4v) is 2.35. The predicted molar refractivity (Wildman–Crippen MR) is 80.2 cm³/mol. The van der Waals surface area contributed by atoms with Gasteiger partial charge in [0.2, 0.25) is 0 Å². The number of hydrogen-bond acceptors (Lipinski definition) is 3. The first-order valence-electron chi connectivity index (χ1n) is 6.03. The number of nitrogens with one attached hydrogen (secondary N) is 1. The normalized spacial score (nSPS) is 17.2. The van der Waals surface area contributed by atoms with Gasteiger partial charge in [0.15, 0.2) is 11.6 Å². The maximum Gasteiger partial charge on any atom is 0.165 e. The molecular formula is C13H21Cl2FN2O. The minimum atomic E-state index is -0.526. The van der Waals surface area contributed by atoms with Gasteiger partial charge in [0.1, 0.15) is 0 Å². The Morgan fingerprint density at radius 2 is 1.84 bits per heavy atom. The lowest BCUT2D eigenvalue weighted by atomic mass is 10.0. The second-order valence-corrected chi connectivity index (χ2v) is 4.65. The molecule has 1 atom stereocenters. The SMILES string of the molecule is Cc1cc(F)c(O)c([C@H](C)N2CCNCC2)c1.Cl.Cl. The zero-order chi connectivity index (χ0) is 12.4. The largest absolute Gasteiger partial charge is 0.505 e. The molecule has 0 spiro atoms. The number of rotatable bonds is 2. The second-order valence-electron chi connectivity index (χ2n) is 4.65. The molecule has 1 saturated heterocycles. The number of benzene rings is 1. The number of phenols is 1. The van der Waals surface area contributed by atoms with Crippen LogP contribution < -0.4 is 5.32 Å². The first-order chi connectivity index (χ1) is 8.09.